The predicted molar refractivity (Wildman–Crippen MR) is 81.2 cm³/mol. The first-order valence-corrected chi connectivity index (χ1v) is 7.83. The zero-order valence-corrected chi connectivity index (χ0v) is 13.1. The van der Waals surface area contributed by atoms with E-state index in [9.17, 15) is 0 Å². The van der Waals surface area contributed by atoms with Crippen LogP contribution in [-0.4, -0.2) is 15.1 Å². The lowest BCUT2D eigenvalue weighted by Crippen LogP contribution is -1.92. The van der Waals surface area contributed by atoms with E-state index in [0.29, 0.717) is 18.1 Å². The molecule has 0 aromatic carbocycles. The Labute approximate surface area is 124 Å². The molecular formula is C13H14N4OS2. The quantitative estimate of drug-likeness (QED) is 0.803. The van der Waals surface area contributed by atoms with Crippen LogP contribution in [0.5, 0.6) is 0 Å². The Hall–Kier alpha value is -1.73. The zero-order chi connectivity index (χ0) is 14.3. The second kappa shape index (κ2) is 4.99. The summed E-state index contributed by atoms with van der Waals surface area (Å²) in [6, 6.07) is 0. The van der Waals surface area contributed by atoms with Gasteiger partial charge in [-0.05, 0) is 26.3 Å². The van der Waals surface area contributed by atoms with Crippen molar-refractivity contribution in [1.29, 1.82) is 0 Å². The molecule has 0 bridgehead atoms. The van der Waals surface area contributed by atoms with E-state index in [2.05, 4.69) is 15.1 Å². The minimum atomic E-state index is 0.492. The fourth-order valence-electron chi connectivity index (χ4n) is 2.00. The summed E-state index contributed by atoms with van der Waals surface area (Å²) in [6.07, 6.45) is 0.579. The molecule has 0 radical (unpaired) electrons. The molecule has 3 aromatic heterocycles. The number of aromatic nitrogens is 3. The molecule has 0 unspecified atom stereocenters. The van der Waals surface area contributed by atoms with Crippen molar-refractivity contribution in [2.75, 3.05) is 5.73 Å². The van der Waals surface area contributed by atoms with Crippen LogP contribution in [0.4, 0.5) is 5.00 Å². The zero-order valence-electron chi connectivity index (χ0n) is 11.4. The molecule has 0 spiro atoms. The Morgan fingerprint density at radius 2 is 2.05 bits per heavy atom. The number of nitrogens with zero attached hydrogens (tertiary/aromatic N) is 3. The third-order valence-electron chi connectivity index (χ3n) is 3.10. The highest BCUT2D eigenvalue weighted by molar-refractivity contribution is 7.16. The van der Waals surface area contributed by atoms with E-state index in [4.69, 9.17) is 10.3 Å². The topological polar surface area (TPSA) is 77.8 Å². The maximum Gasteiger partial charge on any atom is 0.261 e. The van der Waals surface area contributed by atoms with E-state index in [0.717, 1.165) is 26.8 Å². The summed E-state index contributed by atoms with van der Waals surface area (Å²) in [4.78, 5) is 10.0. The van der Waals surface area contributed by atoms with Gasteiger partial charge in [-0.25, -0.2) is 4.98 Å². The lowest BCUT2D eigenvalue weighted by atomic mass is 10.1. The molecule has 0 fully saturated rings. The van der Waals surface area contributed by atoms with Crippen molar-refractivity contribution in [3.8, 4) is 11.5 Å². The Morgan fingerprint density at radius 1 is 1.25 bits per heavy atom. The molecule has 3 heterocycles. The average molecular weight is 306 g/mol. The molecule has 5 nitrogen and oxygen atoms in total. The van der Waals surface area contributed by atoms with Crippen LogP contribution in [0.1, 0.15) is 27.0 Å². The van der Waals surface area contributed by atoms with Crippen LogP contribution in [0.25, 0.3) is 11.5 Å². The third-order valence-corrected chi connectivity index (χ3v) is 4.96. The standard InChI is InChI=1S/C13H14N4OS2/c1-6-7(2)20-12(14)11(6)13-16-10(17-18-13)4-9-5-19-8(3)15-9/h5H,4,14H2,1-3H3. The van der Waals surface area contributed by atoms with Crippen molar-refractivity contribution in [3.63, 3.8) is 0 Å². The first kappa shape index (κ1) is 13.3. The van der Waals surface area contributed by atoms with Crippen molar-refractivity contribution in [3.05, 3.63) is 32.3 Å². The van der Waals surface area contributed by atoms with E-state index in [1.54, 1.807) is 22.7 Å². The van der Waals surface area contributed by atoms with Gasteiger partial charge in [-0.3, -0.25) is 0 Å². The number of aryl methyl sites for hydroxylation is 2. The number of thiophene rings is 1. The monoisotopic (exact) mass is 306 g/mol. The van der Waals surface area contributed by atoms with Crippen molar-refractivity contribution in [2.24, 2.45) is 0 Å². The lowest BCUT2D eigenvalue weighted by Gasteiger charge is -1.94. The average Bonchev–Trinajstić information content (AvgIpc) is 3.04. The first-order valence-electron chi connectivity index (χ1n) is 6.14. The van der Waals surface area contributed by atoms with E-state index in [1.165, 1.54) is 4.88 Å². The minimum Gasteiger partial charge on any atom is -0.390 e. The van der Waals surface area contributed by atoms with Crippen molar-refractivity contribution in [1.82, 2.24) is 15.1 Å². The molecule has 2 N–H and O–H groups in total. The summed E-state index contributed by atoms with van der Waals surface area (Å²) >= 11 is 3.17. The highest BCUT2D eigenvalue weighted by Gasteiger charge is 2.18. The van der Waals surface area contributed by atoms with E-state index in [-0.39, 0.29) is 0 Å². The summed E-state index contributed by atoms with van der Waals surface area (Å²) in [5, 5.41) is 7.79. The van der Waals surface area contributed by atoms with E-state index in [1.807, 2.05) is 26.2 Å². The SMILES string of the molecule is Cc1nc(Cc2noc(-c3c(N)sc(C)c3C)n2)cs1. The van der Waals surface area contributed by atoms with Crippen LogP contribution in [0.3, 0.4) is 0 Å². The molecule has 3 aromatic rings. The van der Waals surface area contributed by atoms with Gasteiger partial charge >= 0.3 is 0 Å². The van der Waals surface area contributed by atoms with Crippen LogP contribution in [-0.2, 0) is 6.42 Å². The van der Waals surface area contributed by atoms with Crippen LogP contribution >= 0.6 is 22.7 Å². The summed E-state index contributed by atoms with van der Waals surface area (Å²) < 4.78 is 5.35. The summed E-state index contributed by atoms with van der Waals surface area (Å²) in [5.41, 5.74) is 8.95. The minimum absolute atomic E-state index is 0.492. The maximum atomic E-state index is 6.02. The van der Waals surface area contributed by atoms with E-state index < -0.39 is 0 Å². The number of hydrogen-bond acceptors (Lipinski definition) is 7. The smallest absolute Gasteiger partial charge is 0.261 e. The first-order chi connectivity index (χ1) is 9.54. The van der Waals surface area contributed by atoms with Crippen molar-refractivity contribution in [2.45, 2.75) is 27.2 Å². The molecule has 0 atom stereocenters. The van der Waals surface area contributed by atoms with Gasteiger partial charge in [-0.1, -0.05) is 5.16 Å². The van der Waals surface area contributed by atoms with Gasteiger partial charge in [0, 0.05) is 10.3 Å². The third kappa shape index (κ3) is 2.34. The van der Waals surface area contributed by atoms with Gasteiger partial charge in [0.15, 0.2) is 5.82 Å². The largest absolute Gasteiger partial charge is 0.390 e. The van der Waals surface area contributed by atoms with Crippen LogP contribution < -0.4 is 5.73 Å². The molecule has 0 aliphatic rings. The molecule has 0 aliphatic carbocycles. The van der Waals surface area contributed by atoms with Gasteiger partial charge < -0.3 is 10.3 Å². The predicted octanol–water partition coefficient (Wildman–Crippen LogP) is 3.35. The van der Waals surface area contributed by atoms with Crippen molar-refractivity contribution >= 4 is 27.7 Å². The summed E-state index contributed by atoms with van der Waals surface area (Å²) in [5.74, 6) is 1.12. The molecular weight excluding hydrogens is 292 g/mol. The maximum absolute atomic E-state index is 6.02. The van der Waals surface area contributed by atoms with Gasteiger partial charge in [-0.15, -0.1) is 22.7 Å². The van der Waals surface area contributed by atoms with Gasteiger partial charge in [0.2, 0.25) is 0 Å². The van der Waals surface area contributed by atoms with Gasteiger partial charge in [-0.2, -0.15) is 4.98 Å². The number of hydrogen-bond donors (Lipinski definition) is 1. The number of nitrogens with two attached hydrogens (primary N) is 1. The summed E-state index contributed by atoms with van der Waals surface area (Å²) in [6.45, 7) is 6.04. The fourth-order valence-corrected chi connectivity index (χ4v) is 3.54. The number of anilines is 1. The Morgan fingerprint density at radius 3 is 2.65 bits per heavy atom. The highest BCUT2D eigenvalue weighted by atomic mass is 32.1. The Kier molecular flexibility index (Phi) is 3.31. The normalized spacial score (nSPS) is 11.2. The molecule has 0 amide bonds. The molecule has 20 heavy (non-hydrogen) atoms. The Balaban J connectivity index is 1.90. The second-order valence-electron chi connectivity index (χ2n) is 4.57. The highest BCUT2D eigenvalue weighted by Crippen LogP contribution is 2.37. The van der Waals surface area contributed by atoms with Crippen LogP contribution in [0, 0.1) is 20.8 Å². The van der Waals surface area contributed by atoms with Crippen molar-refractivity contribution < 1.29 is 4.52 Å². The van der Waals surface area contributed by atoms with Gasteiger partial charge in [0.25, 0.3) is 5.89 Å². The van der Waals surface area contributed by atoms with Crippen LogP contribution in [0.2, 0.25) is 0 Å². The van der Waals surface area contributed by atoms with Gasteiger partial charge in [0.1, 0.15) is 0 Å². The lowest BCUT2D eigenvalue weighted by molar-refractivity contribution is 0.424. The van der Waals surface area contributed by atoms with Crippen LogP contribution in [0.15, 0.2) is 9.90 Å². The number of thiazole rings is 1. The molecule has 104 valence electrons. The molecule has 0 aliphatic heterocycles. The van der Waals surface area contributed by atoms with Gasteiger partial charge in [0.05, 0.1) is 27.7 Å². The molecule has 0 saturated carbocycles. The molecule has 0 saturated heterocycles. The number of nitrogen functional groups attached to an aromatic ring is 1. The number of rotatable bonds is 3. The molecule has 3 rings (SSSR count). The fraction of sp³-hybridized carbons (Fsp3) is 0.308. The second-order valence-corrected chi connectivity index (χ2v) is 6.89. The Bertz CT molecular complexity index is 756. The molecule has 7 heteroatoms. The summed E-state index contributed by atoms with van der Waals surface area (Å²) in [7, 11) is 0. The van der Waals surface area contributed by atoms with E-state index >= 15 is 0 Å².